The first-order chi connectivity index (χ1) is 13.0. The third kappa shape index (κ3) is 4.24. The minimum absolute atomic E-state index is 0.0436. The number of carbonyl (C=O) groups is 2. The molecule has 0 aliphatic rings. The number of hydrogen-bond acceptors (Lipinski definition) is 5. The molecule has 3 rings (SSSR count). The van der Waals surface area contributed by atoms with Crippen molar-refractivity contribution in [3.8, 4) is 0 Å². The lowest BCUT2D eigenvalue weighted by atomic mass is 10.1. The van der Waals surface area contributed by atoms with Gasteiger partial charge in [0.2, 0.25) is 0 Å². The van der Waals surface area contributed by atoms with E-state index in [0.717, 1.165) is 0 Å². The highest BCUT2D eigenvalue weighted by Gasteiger charge is 2.15. The predicted molar refractivity (Wildman–Crippen MR) is 98.3 cm³/mol. The predicted octanol–water partition coefficient (Wildman–Crippen LogP) is 2.04. The third-order valence-electron chi connectivity index (χ3n) is 4.12. The van der Waals surface area contributed by atoms with Crippen molar-refractivity contribution in [2.75, 3.05) is 11.9 Å². The molecule has 2 aromatic heterocycles. The standard InChI is InChI=1S/C19H20N4O4/c1-12-15(7-10-27-12)19(26)22-14-5-3-13(4-6-14)18(25)21-11-16(24)17-20-8-9-23(17)2/h3-10,16,24H,11H2,1-2H3,(H,21,25)(H,22,26)/t16-/m0/s1. The van der Waals surface area contributed by atoms with Crippen LogP contribution in [0.1, 0.15) is 38.4 Å². The van der Waals surface area contributed by atoms with Gasteiger partial charge in [0.25, 0.3) is 11.8 Å². The molecule has 2 amide bonds. The van der Waals surface area contributed by atoms with E-state index in [9.17, 15) is 14.7 Å². The molecule has 0 aliphatic heterocycles. The second kappa shape index (κ2) is 7.88. The van der Waals surface area contributed by atoms with Gasteiger partial charge in [0.1, 0.15) is 17.7 Å². The van der Waals surface area contributed by atoms with Crippen LogP contribution in [0.15, 0.2) is 53.4 Å². The highest BCUT2D eigenvalue weighted by atomic mass is 16.3. The maximum Gasteiger partial charge on any atom is 0.259 e. The summed E-state index contributed by atoms with van der Waals surface area (Å²) in [7, 11) is 1.77. The number of aliphatic hydroxyl groups is 1. The van der Waals surface area contributed by atoms with Gasteiger partial charge in [0, 0.05) is 30.7 Å². The Morgan fingerprint density at radius 3 is 2.56 bits per heavy atom. The lowest BCUT2D eigenvalue weighted by Crippen LogP contribution is -2.29. The fourth-order valence-electron chi connectivity index (χ4n) is 2.60. The lowest BCUT2D eigenvalue weighted by molar-refractivity contribution is 0.0909. The fraction of sp³-hybridized carbons (Fsp3) is 0.211. The van der Waals surface area contributed by atoms with Gasteiger partial charge in [-0.2, -0.15) is 0 Å². The number of rotatable bonds is 6. The van der Waals surface area contributed by atoms with Gasteiger partial charge in [-0.25, -0.2) is 4.98 Å². The molecule has 0 radical (unpaired) electrons. The number of aromatic nitrogens is 2. The minimum atomic E-state index is -0.897. The Morgan fingerprint density at radius 1 is 1.22 bits per heavy atom. The van der Waals surface area contributed by atoms with Gasteiger partial charge in [0.05, 0.1) is 18.4 Å². The molecule has 0 spiro atoms. The summed E-state index contributed by atoms with van der Waals surface area (Å²) in [6.45, 7) is 1.75. The van der Waals surface area contributed by atoms with E-state index in [1.165, 1.54) is 6.26 Å². The van der Waals surface area contributed by atoms with Crippen LogP contribution in [0, 0.1) is 6.92 Å². The maximum absolute atomic E-state index is 12.2. The Morgan fingerprint density at radius 2 is 1.96 bits per heavy atom. The first kappa shape index (κ1) is 18.4. The fourth-order valence-corrected chi connectivity index (χ4v) is 2.60. The van der Waals surface area contributed by atoms with E-state index >= 15 is 0 Å². The zero-order valence-corrected chi connectivity index (χ0v) is 15.0. The Kier molecular flexibility index (Phi) is 5.37. The van der Waals surface area contributed by atoms with E-state index < -0.39 is 6.10 Å². The van der Waals surface area contributed by atoms with Crippen molar-refractivity contribution < 1.29 is 19.1 Å². The average molecular weight is 368 g/mol. The number of hydrogen-bond donors (Lipinski definition) is 3. The largest absolute Gasteiger partial charge is 0.469 e. The second-order valence-electron chi connectivity index (χ2n) is 6.04. The molecule has 3 aromatic rings. The summed E-state index contributed by atoms with van der Waals surface area (Å²) in [6, 6.07) is 8.06. The van der Waals surface area contributed by atoms with E-state index in [-0.39, 0.29) is 18.4 Å². The molecule has 0 aliphatic carbocycles. The van der Waals surface area contributed by atoms with Crippen LogP contribution in [0.4, 0.5) is 5.69 Å². The number of amides is 2. The summed E-state index contributed by atoms with van der Waals surface area (Å²) in [5.74, 6) is 0.404. The van der Waals surface area contributed by atoms with Crippen molar-refractivity contribution in [3.05, 3.63) is 71.7 Å². The number of aryl methyl sites for hydroxylation is 2. The molecule has 0 bridgehead atoms. The molecule has 0 fully saturated rings. The third-order valence-corrected chi connectivity index (χ3v) is 4.12. The summed E-state index contributed by atoms with van der Waals surface area (Å²) < 4.78 is 6.80. The van der Waals surface area contributed by atoms with E-state index in [0.29, 0.717) is 28.4 Å². The molecule has 0 saturated carbocycles. The number of imidazole rings is 1. The molecule has 8 heteroatoms. The van der Waals surface area contributed by atoms with Crippen molar-refractivity contribution in [2.24, 2.45) is 7.05 Å². The van der Waals surface area contributed by atoms with Gasteiger partial charge >= 0.3 is 0 Å². The number of aliphatic hydroxyl groups excluding tert-OH is 1. The lowest BCUT2D eigenvalue weighted by Gasteiger charge is -2.12. The zero-order chi connectivity index (χ0) is 19.4. The normalized spacial score (nSPS) is 11.8. The van der Waals surface area contributed by atoms with E-state index in [2.05, 4.69) is 15.6 Å². The number of furan rings is 1. The number of anilines is 1. The van der Waals surface area contributed by atoms with Crippen molar-refractivity contribution in [1.82, 2.24) is 14.9 Å². The molecule has 2 heterocycles. The van der Waals surface area contributed by atoms with Gasteiger partial charge in [-0.1, -0.05) is 0 Å². The summed E-state index contributed by atoms with van der Waals surface area (Å²) in [4.78, 5) is 28.4. The molecule has 0 unspecified atom stereocenters. The Bertz CT molecular complexity index is 943. The van der Waals surface area contributed by atoms with E-state index in [1.807, 2.05) is 0 Å². The summed E-state index contributed by atoms with van der Waals surface area (Å²) in [5.41, 5.74) is 1.44. The molecule has 140 valence electrons. The highest BCUT2D eigenvalue weighted by Crippen LogP contribution is 2.15. The molecular weight excluding hydrogens is 348 g/mol. The first-order valence-electron chi connectivity index (χ1n) is 8.34. The van der Waals surface area contributed by atoms with Gasteiger partial charge < -0.3 is 24.7 Å². The van der Waals surface area contributed by atoms with Gasteiger partial charge in [-0.15, -0.1) is 0 Å². The molecule has 0 saturated heterocycles. The summed E-state index contributed by atoms with van der Waals surface area (Å²) >= 11 is 0. The SMILES string of the molecule is Cc1occc1C(=O)Nc1ccc(C(=O)NC[C@H](O)c2nccn2C)cc1. The molecule has 8 nitrogen and oxygen atoms in total. The van der Waals surface area contributed by atoms with E-state index in [4.69, 9.17) is 4.42 Å². The van der Waals surface area contributed by atoms with Crippen molar-refractivity contribution in [1.29, 1.82) is 0 Å². The monoisotopic (exact) mass is 368 g/mol. The van der Waals surface area contributed by atoms with Crippen LogP contribution in [0.25, 0.3) is 0 Å². The number of nitrogens with one attached hydrogen (secondary N) is 2. The van der Waals surface area contributed by atoms with Crippen LogP contribution in [0.2, 0.25) is 0 Å². The van der Waals surface area contributed by atoms with Crippen LogP contribution < -0.4 is 10.6 Å². The van der Waals surface area contributed by atoms with Crippen LogP contribution >= 0.6 is 0 Å². The average Bonchev–Trinajstić information content (AvgIpc) is 3.28. The Labute approximate surface area is 155 Å². The number of benzene rings is 1. The van der Waals surface area contributed by atoms with Gasteiger partial charge in [-0.3, -0.25) is 9.59 Å². The van der Waals surface area contributed by atoms with Gasteiger partial charge in [-0.05, 0) is 37.3 Å². The quantitative estimate of drug-likeness (QED) is 0.617. The first-order valence-corrected chi connectivity index (χ1v) is 8.34. The smallest absolute Gasteiger partial charge is 0.259 e. The Hall–Kier alpha value is -3.39. The summed E-state index contributed by atoms with van der Waals surface area (Å²) in [5, 5.41) is 15.5. The maximum atomic E-state index is 12.2. The number of nitrogens with zero attached hydrogens (tertiary/aromatic N) is 2. The minimum Gasteiger partial charge on any atom is -0.469 e. The van der Waals surface area contributed by atoms with Crippen molar-refractivity contribution in [2.45, 2.75) is 13.0 Å². The topological polar surface area (TPSA) is 109 Å². The second-order valence-corrected chi connectivity index (χ2v) is 6.04. The summed E-state index contributed by atoms with van der Waals surface area (Å²) in [6.07, 6.45) is 3.86. The molecule has 3 N–H and O–H groups in total. The highest BCUT2D eigenvalue weighted by molar-refractivity contribution is 6.05. The van der Waals surface area contributed by atoms with Crippen molar-refractivity contribution >= 4 is 17.5 Å². The van der Waals surface area contributed by atoms with Crippen LogP contribution in [-0.4, -0.2) is 33.0 Å². The molecule has 1 aromatic carbocycles. The van der Waals surface area contributed by atoms with Crippen molar-refractivity contribution in [3.63, 3.8) is 0 Å². The zero-order valence-electron chi connectivity index (χ0n) is 15.0. The van der Waals surface area contributed by atoms with Crippen LogP contribution in [0.5, 0.6) is 0 Å². The molecular formula is C19H20N4O4. The van der Waals surface area contributed by atoms with Crippen LogP contribution in [-0.2, 0) is 7.05 Å². The molecule has 1 atom stereocenters. The van der Waals surface area contributed by atoms with E-state index in [1.54, 1.807) is 61.3 Å². The number of carbonyl (C=O) groups excluding carboxylic acids is 2. The van der Waals surface area contributed by atoms with Crippen LogP contribution in [0.3, 0.4) is 0 Å². The van der Waals surface area contributed by atoms with Gasteiger partial charge in [0.15, 0.2) is 0 Å². The molecule has 27 heavy (non-hydrogen) atoms. The Balaban J connectivity index is 1.56.